The SMILES string of the molecule is COC(=O)c1nccc(-n2cnc(C#N)c2C#N)n1. The molecule has 0 aliphatic carbocycles. The van der Waals surface area contributed by atoms with Crippen LogP contribution in [0.25, 0.3) is 5.82 Å². The van der Waals surface area contributed by atoms with Gasteiger partial charge in [-0.2, -0.15) is 10.5 Å². The van der Waals surface area contributed by atoms with Crippen molar-refractivity contribution in [3.63, 3.8) is 0 Å². The zero-order valence-corrected chi connectivity index (χ0v) is 9.73. The number of hydrogen-bond donors (Lipinski definition) is 0. The normalized spacial score (nSPS) is 9.42. The van der Waals surface area contributed by atoms with E-state index in [4.69, 9.17) is 10.5 Å². The number of carbonyl (C=O) groups is 1. The highest BCUT2D eigenvalue weighted by molar-refractivity contribution is 5.85. The van der Waals surface area contributed by atoms with Crippen LogP contribution < -0.4 is 0 Å². The molecule has 8 nitrogen and oxygen atoms in total. The topological polar surface area (TPSA) is 117 Å². The first-order valence-electron chi connectivity index (χ1n) is 5.00. The van der Waals surface area contributed by atoms with Crippen LogP contribution in [0.4, 0.5) is 0 Å². The molecule has 2 aromatic heterocycles. The van der Waals surface area contributed by atoms with E-state index in [9.17, 15) is 4.79 Å². The number of carbonyl (C=O) groups excluding carboxylic acids is 1. The molecular formula is C11H6N6O2. The average Bonchev–Trinajstić information content (AvgIpc) is 2.89. The Balaban J connectivity index is 2.55. The molecule has 0 saturated carbocycles. The summed E-state index contributed by atoms with van der Waals surface area (Å²) < 4.78 is 5.80. The highest BCUT2D eigenvalue weighted by Crippen LogP contribution is 2.11. The van der Waals surface area contributed by atoms with Gasteiger partial charge in [-0.05, 0) is 6.07 Å². The van der Waals surface area contributed by atoms with Crippen LogP contribution >= 0.6 is 0 Å². The summed E-state index contributed by atoms with van der Waals surface area (Å²) in [5.41, 5.74) is 0.0257. The summed E-state index contributed by atoms with van der Waals surface area (Å²) in [6.07, 6.45) is 2.63. The summed E-state index contributed by atoms with van der Waals surface area (Å²) in [6.45, 7) is 0. The molecule has 0 fully saturated rings. The van der Waals surface area contributed by atoms with E-state index in [2.05, 4.69) is 19.7 Å². The fraction of sp³-hybridized carbons (Fsp3) is 0.0909. The minimum Gasteiger partial charge on any atom is -0.463 e. The third kappa shape index (κ3) is 2.10. The van der Waals surface area contributed by atoms with Crippen molar-refractivity contribution in [2.75, 3.05) is 7.11 Å². The fourth-order valence-corrected chi connectivity index (χ4v) is 1.38. The Kier molecular flexibility index (Phi) is 3.17. The van der Waals surface area contributed by atoms with Gasteiger partial charge >= 0.3 is 5.97 Å². The number of esters is 1. The van der Waals surface area contributed by atoms with Crippen molar-refractivity contribution in [2.45, 2.75) is 0 Å². The lowest BCUT2D eigenvalue weighted by Gasteiger charge is -2.03. The quantitative estimate of drug-likeness (QED) is 0.702. The maximum atomic E-state index is 11.3. The first-order chi connectivity index (χ1) is 9.21. The van der Waals surface area contributed by atoms with Gasteiger partial charge in [-0.1, -0.05) is 0 Å². The lowest BCUT2D eigenvalue weighted by atomic mass is 10.3. The van der Waals surface area contributed by atoms with Gasteiger partial charge in [0.25, 0.3) is 0 Å². The molecule has 0 radical (unpaired) electrons. The lowest BCUT2D eigenvalue weighted by molar-refractivity contribution is 0.0586. The van der Waals surface area contributed by atoms with E-state index in [0.29, 0.717) is 0 Å². The van der Waals surface area contributed by atoms with E-state index in [1.165, 1.54) is 30.3 Å². The molecule has 0 atom stereocenters. The number of aromatic nitrogens is 4. The summed E-state index contributed by atoms with van der Waals surface area (Å²) in [5.74, 6) is -0.585. The van der Waals surface area contributed by atoms with Gasteiger partial charge in [0.05, 0.1) is 7.11 Å². The Morgan fingerprint density at radius 3 is 2.79 bits per heavy atom. The highest BCUT2D eigenvalue weighted by atomic mass is 16.5. The van der Waals surface area contributed by atoms with Crippen molar-refractivity contribution < 1.29 is 9.53 Å². The Labute approximate surface area is 107 Å². The number of hydrogen-bond acceptors (Lipinski definition) is 7. The molecule has 0 bridgehead atoms. The summed E-state index contributed by atoms with van der Waals surface area (Å²) in [6, 6.07) is 5.14. The Morgan fingerprint density at radius 1 is 1.37 bits per heavy atom. The zero-order valence-electron chi connectivity index (χ0n) is 9.73. The molecule has 2 aromatic rings. The molecule has 0 aromatic carbocycles. The number of rotatable bonds is 2. The van der Waals surface area contributed by atoms with Crippen molar-refractivity contribution in [3.8, 4) is 18.0 Å². The van der Waals surface area contributed by atoms with E-state index >= 15 is 0 Å². The predicted octanol–water partition coefficient (Wildman–Crippen LogP) is 0.192. The standard InChI is InChI=1S/C11H6N6O2/c1-19-11(18)10-14-3-2-9(16-10)17-6-15-7(4-12)8(17)5-13/h2-3,6H,1H3. The lowest BCUT2D eigenvalue weighted by Crippen LogP contribution is -2.10. The molecule has 0 aliphatic rings. The molecule has 0 saturated heterocycles. The maximum absolute atomic E-state index is 11.3. The first-order valence-corrected chi connectivity index (χ1v) is 5.00. The van der Waals surface area contributed by atoms with Crippen LogP contribution in [0.5, 0.6) is 0 Å². The Morgan fingerprint density at radius 2 is 2.16 bits per heavy atom. The molecule has 8 heteroatoms. The van der Waals surface area contributed by atoms with Crippen molar-refractivity contribution in [1.82, 2.24) is 19.5 Å². The van der Waals surface area contributed by atoms with Gasteiger partial charge in [-0.3, -0.25) is 4.57 Å². The first kappa shape index (κ1) is 12.2. The van der Waals surface area contributed by atoms with Crippen molar-refractivity contribution in [2.24, 2.45) is 0 Å². The van der Waals surface area contributed by atoms with Crippen LogP contribution in [0, 0.1) is 22.7 Å². The molecule has 0 spiro atoms. The Hall–Kier alpha value is -3.26. The minimum atomic E-state index is -0.694. The van der Waals surface area contributed by atoms with E-state index in [0.717, 1.165) is 0 Å². The second-order valence-electron chi connectivity index (χ2n) is 3.27. The van der Waals surface area contributed by atoms with Crippen LogP contribution in [0.2, 0.25) is 0 Å². The summed E-state index contributed by atoms with van der Waals surface area (Å²) in [7, 11) is 1.21. The molecule has 2 heterocycles. The second kappa shape index (κ2) is 4.94. The van der Waals surface area contributed by atoms with Crippen LogP contribution in [-0.4, -0.2) is 32.6 Å². The molecular weight excluding hydrogens is 248 g/mol. The van der Waals surface area contributed by atoms with E-state index in [-0.39, 0.29) is 23.0 Å². The molecule has 0 N–H and O–H groups in total. The van der Waals surface area contributed by atoms with Gasteiger partial charge in [0.1, 0.15) is 24.3 Å². The number of ether oxygens (including phenoxy) is 1. The molecule has 19 heavy (non-hydrogen) atoms. The molecule has 0 amide bonds. The predicted molar refractivity (Wildman–Crippen MR) is 59.9 cm³/mol. The molecule has 0 unspecified atom stereocenters. The van der Waals surface area contributed by atoms with Gasteiger partial charge in [-0.25, -0.2) is 19.7 Å². The van der Waals surface area contributed by atoms with Crippen molar-refractivity contribution in [3.05, 3.63) is 35.8 Å². The van der Waals surface area contributed by atoms with Crippen molar-refractivity contribution >= 4 is 5.97 Å². The van der Waals surface area contributed by atoms with Gasteiger partial charge in [0, 0.05) is 6.20 Å². The van der Waals surface area contributed by atoms with Gasteiger partial charge in [-0.15, -0.1) is 0 Å². The second-order valence-corrected chi connectivity index (χ2v) is 3.27. The van der Waals surface area contributed by atoms with Crippen LogP contribution in [-0.2, 0) is 4.74 Å². The summed E-state index contributed by atoms with van der Waals surface area (Å²) in [4.78, 5) is 22.8. The molecule has 0 aliphatic heterocycles. The number of imidazole rings is 1. The average molecular weight is 254 g/mol. The van der Waals surface area contributed by atoms with E-state index < -0.39 is 5.97 Å². The minimum absolute atomic E-state index is 0.0132. The van der Waals surface area contributed by atoms with Gasteiger partial charge in [0.2, 0.25) is 5.82 Å². The van der Waals surface area contributed by atoms with Gasteiger partial charge < -0.3 is 4.74 Å². The van der Waals surface area contributed by atoms with E-state index in [1.807, 2.05) is 6.07 Å². The Bertz CT molecular complexity index is 722. The molecule has 92 valence electrons. The summed E-state index contributed by atoms with van der Waals surface area (Å²) >= 11 is 0. The van der Waals surface area contributed by atoms with Crippen LogP contribution in [0.1, 0.15) is 22.0 Å². The largest absolute Gasteiger partial charge is 0.463 e. The highest BCUT2D eigenvalue weighted by Gasteiger charge is 2.15. The monoisotopic (exact) mass is 254 g/mol. The maximum Gasteiger partial charge on any atom is 0.376 e. The molecule has 2 rings (SSSR count). The number of methoxy groups -OCH3 is 1. The number of nitrogens with zero attached hydrogens (tertiary/aromatic N) is 6. The van der Waals surface area contributed by atoms with Gasteiger partial charge in [0.15, 0.2) is 11.4 Å². The summed E-state index contributed by atoms with van der Waals surface area (Å²) in [5, 5.41) is 17.8. The fourth-order valence-electron chi connectivity index (χ4n) is 1.38. The van der Waals surface area contributed by atoms with E-state index in [1.54, 1.807) is 6.07 Å². The van der Waals surface area contributed by atoms with Crippen LogP contribution in [0.3, 0.4) is 0 Å². The third-order valence-corrected chi connectivity index (χ3v) is 2.23. The number of nitriles is 2. The smallest absolute Gasteiger partial charge is 0.376 e. The zero-order chi connectivity index (χ0) is 13.8. The van der Waals surface area contributed by atoms with Crippen LogP contribution in [0.15, 0.2) is 18.6 Å². The van der Waals surface area contributed by atoms with Crippen molar-refractivity contribution in [1.29, 1.82) is 10.5 Å². The third-order valence-electron chi connectivity index (χ3n) is 2.23.